The van der Waals surface area contributed by atoms with Gasteiger partial charge in [-0.1, -0.05) is 6.92 Å². The maximum atomic E-state index is 13.1. The summed E-state index contributed by atoms with van der Waals surface area (Å²) in [6.45, 7) is 2.27. The lowest BCUT2D eigenvalue weighted by molar-refractivity contribution is -0.385. The van der Waals surface area contributed by atoms with Gasteiger partial charge in [-0.15, -0.1) is 0 Å². The summed E-state index contributed by atoms with van der Waals surface area (Å²) in [4.78, 5) is 21.6. The van der Waals surface area contributed by atoms with Crippen LogP contribution in [-0.2, 0) is 0 Å². The van der Waals surface area contributed by atoms with Crippen LogP contribution >= 0.6 is 11.8 Å². The molecule has 1 aromatic rings. The molecular weight excluding hydrogens is 290 g/mol. The summed E-state index contributed by atoms with van der Waals surface area (Å²) in [6.07, 6.45) is 2.59. The van der Waals surface area contributed by atoms with Crippen LogP contribution in [0.15, 0.2) is 12.1 Å². The van der Waals surface area contributed by atoms with Crippen molar-refractivity contribution < 1.29 is 18.5 Å². The number of thioether (sulfide) groups is 1. The molecule has 5 nitrogen and oxygen atoms in total. The van der Waals surface area contributed by atoms with E-state index in [1.807, 2.05) is 13.2 Å². The zero-order chi connectivity index (χ0) is 15.3. The average Bonchev–Trinajstić information content (AvgIpc) is 2.40. The Bertz CT molecular complexity index is 526. The van der Waals surface area contributed by atoms with E-state index in [4.69, 9.17) is 0 Å². The topological polar surface area (TPSA) is 72.2 Å². The molecule has 0 fully saturated rings. The number of rotatable bonds is 6. The third-order valence-electron chi connectivity index (χ3n) is 2.72. The lowest BCUT2D eigenvalue weighted by Gasteiger charge is -2.09. The monoisotopic (exact) mass is 304 g/mol. The Morgan fingerprint density at radius 1 is 1.45 bits per heavy atom. The van der Waals surface area contributed by atoms with E-state index < -0.39 is 33.7 Å². The molecule has 0 spiro atoms. The number of nitrogens with one attached hydrogen (secondary N) is 1. The average molecular weight is 304 g/mol. The number of nitrogens with zero attached hydrogens (tertiary/aromatic N) is 1. The number of nitro benzene ring substituents is 1. The van der Waals surface area contributed by atoms with Gasteiger partial charge in [-0.3, -0.25) is 14.9 Å². The summed E-state index contributed by atoms with van der Waals surface area (Å²) in [5.74, 6) is -3.44. The number of benzene rings is 1. The van der Waals surface area contributed by atoms with Crippen molar-refractivity contribution in [1.29, 1.82) is 0 Å². The van der Waals surface area contributed by atoms with Gasteiger partial charge in [0.15, 0.2) is 11.6 Å². The van der Waals surface area contributed by atoms with E-state index in [2.05, 4.69) is 5.32 Å². The third-order valence-corrected chi connectivity index (χ3v) is 3.76. The lowest BCUT2D eigenvalue weighted by Crippen LogP contribution is -2.27. The summed E-state index contributed by atoms with van der Waals surface area (Å²) >= 11 is 1.62. The van der Waals surface area contributed by atoms with E-state index in [0.717, 1.165) is 0 Å². The molecule has 0 radical (unpaired) electrons. The molecule has 0 aromatic heterocycles. The van der Waals surface area contributed by atoms with E-state index >= 15 is 0 Å². The predicted molar refractivity (Wildman–Crippen MR) is 72.9 cm³/mol. The first kappa shape index (κ1) is 16.4. The second kappa shape index (κ2) is 7.18. The van der Waals surface area contributed by atoms with Crippen LogP contribution in [0, 0.1) is 21.7 Å². The van der Waals surface area contributed by atoms with Crippen LogP contribution in [0.25, 0.3) is 0 Å². The maximum absolute atomic E-state index is 13.1. The molecule has 0 saturated heterocycles. The van der Waals surface area contributed by atoms with Gasteiger partial charge in [0, 0.05) is 11.8 Å². The highest BCUT2D eigenvalue weighted by Crippen LogP contribution is 2.22. The van der Waals surface area contributed by atoms with E-state index in [0.29, 0.717) is 30.3 Å². The first-order valence-electron chi connectivity index (χ1n) is 5.81. The first-order chi connectivity index (χ1) is 9.36. The standard InChI is InChI=1S/C12H14F2N2O3S/c1-7(20-2)3-4-15-12(17)8-5-9(13)10(14)6-11(8)16(18)19/h5-7H,3-4H2,1-2H3,(H,15,17). The van der Waals surface area contributed by atoms with Crippen LogP contribution in [0.1, 0.15) is 23.7 Å². The second-order valence-electron chi connectivity index (χ2n) is 4.13. The Hall–Kier alpha value is -1.70. The molecule has 110 valence electrons. The molecule has 0 heterocycles. The zero-order valence-electron chi connectivity index (χ0n) is 11.0. The van der Waals surface area contributed by atoms with Crippen LogP contribution in [0.2, 0.25) is 0 Å². The van der Waals surface area contributed by atoms with Crippen molar-refractivity contribution in [3.8, 4) is 0 Å². The Kier molecular flexibility index (Phi) is 5.87. The molecular formula is C12H14F2N2O3S. The lowest BCUT2D eigenvalue weighted by atomic mass is 10.1. The van der Waals surface area contributed by atoms with Gasteiger partial charge in [0.2, 0.25) is 0 Å². The number of nitro groups is 1. The molecule has 20 heavy (non-hydrogen) atoms. The molecule has 0 aliphatic heterocycles. The third kappa shape index (κ3) is 4.16. The number of halogens is 2. The van der Waals surface area contributed by atoms with Crippen molar-refractivity contribution in [2.45, 2.75) is 18.6 Å². The molecule has 0 aliphatic rings. The van der Waals surface area contributed by atoms with Crippen molar-refractivity contribution >= 4 is 23.4 Å². The van der Waals surface area contributed by atoms with E-state index in [-0.39, 0.29) is 0 Å². The van der Waals surface area contributed by atoms with Crippen molar-refractivity contribution in [1.82, 2.24) is 5.32 Å². The predicted octanol–water partition coefficient (Wildman–Crippen LogP) is 2.74. The quantitative estimate of drug-likeness (QED) is 0.648. The van der Waals surface area contributed by atoms with Gasteiger partial charge in [0.1, 0.15) is 5.56 Å². The van der Waals surface area contributed by atoms with Crippen molar-refractivity contribution in [3.05, 3.63) is 39.4 Å². The Morgan fingerprint density at radius 2 is 2.05 bits per heavy atom. The van der Waals surface area contributed by atoms with Crippen LogP contribution < -0.4 is 5.32 Å². The smallest absolute Gasteiger partial charge is 0.285 e. The minimum atomic E-state index is -1.36. The number of carbonyl (C=O) groups excluding carboxylic acids is 1. The molecule has 1 unspecified atom stereocenters. The molecule has 1 aromatic carbocycles. The van der Waals surface area contributed by atoms with Crippen molar-refractivity contribution in [2.75, 3.05) is 12.8 Å². The summed E-state index contributed by atoms with van der Waals surface area (Å²) < 4.78 is 26.1. The highest BCUT2D eigenvalue weighted by molar-refractivity contribution is 7.99. The van der Waals surface area contributed by atoms with Gasteiger partial charge < -0.3 is 5.32 Å². The summed E-state index contributed by atoms with van der Waals surface area (Å²) in [5, 5.41) is 13.5. The number of carbonyl (C=O) groups is 1. The maximum Gasteiger partial charge on any atom is 0.285 e. The van der Waals surface area contributed by atoms with Gasteiger partial charge in [-0.2, -0.15) is 11.8 Å². The van der Waals surface area contributed by atoms with E-state index in [1.165, 1.54) is 0 Å². The highest BCUT2D eigenvalue weighted by Gasteiger charge is 2.23. The summed E-state index contributed by atoms with van der Waals surface area (Å²) in [7, 11) is 0. The molecule has 8 heteroatoms. The fourth-order valence-electron chi connectivity index (χ4n) is 1.47. The fourth-order valence-corrected chi connectivity index (χ4v) is 1.82. The fraction of sp³-hybridized carbons (Fsp3) is 0.417. The summed E-state index contributed by atoms with van der Waals surface area (Å²) in [6, 6.07) is 0.954. The number of hydrogen-bond donors (Lipinski definition) is 1. The van der Waals surface area contributed by atoms with Gasteiger partial charge in [-0.25, -0.2) is 8.78 Å². The number of amides is 1. The van der Waals surface area contributed by atoms with Gasteiger partial charge >= 0.3 is 0 Å². The van der Waals surface area contributed by atoms with Crippen molar-refractivity contribution in [3.63, 3.8) is 0 Å². The molecule has 1 rings (SSSR count). The largest absolute Gasteiger partial charge is 0.352 e. The Balaban J connectivity index is 2.86. The van der Waals surface area contributed by atoms with Gasteiger partial charge in [0.05, 0.1) is 11.0 Å². The molecule has 1 amide bonds. The minimum absolute atomic E-state index is 0.303. The minimum Gasteiger partial charge on any atom is -0.352 e. The van der Waals surface area contributed by atoms with E-state index in [9.17, 15) is 23.7 Å². The van der Waals surface area contributed by atoms with Gasteiger partial charge in [0.25, 0.3) is 11.6 Å². The molecule has 0 bridgehead atoms. The van der Waals surface area contributed by atoms with Crippen LogP contribution in [0.5, 0.6) is 0 Å². The van der Waals surface area contributed by atoms with Crippen molar-refractivity contribution in [2.24, 2.45) is 0 Å². The molecule has 0 aliphatic carbocycles. The Morgan fingerprint density at radius 3 is 2.60 bits per heavy atom. The zero-order valence-corrected chi connectivity index (χ0v) is 11.8. The molecule has 1 atom stereocenters. The normalized spacial score (nSPS) is 12.0. The Labute approximate surface area is 118 Å². The van der Waals surface area contributed by atoms with E-state index in [1.54, 1.807) is 11.8 Å². The second-order valence-corrected chi connectivity index (χ2v) is 5.41. The number of hydrogen-bond acceptors (Lipinski definition) is 4. The van der Waals surface area contributed by atoms with Crippen LogP contribution in [0.3, 0.4) is 0 Å². The molecule has 0 saturated carbocycles. The van der Waals surface area contributed by atoms with Gasteiger partial charge in [-0.05, 0) is 18.7 Å². The summed E-state index contributed by atoms with van der Waals surface area (Å²) in [5.41, 5.74) is -1.23. The van der Waals surface area contributed by atoms with Crippen LogP contribution in [-0.4, -0.2) is 28.9 Å². The highest BCUT2D eigenvalue weighted by atomic mass is 32.2. The first-order valence-corrected chi connectivity index (χ1v) is 7.10. The molecule has 1 N–H and O–H groups in total. The SMILES string of the molecule is CSC(C)CCNC(=O)c1cc(F)c(F)cc1[N+](=O)[O-]. The van der Waals surface area contributed by atoms with Crippen LogP contribution in [0.4, 0.5) is 14.5 Å².